The van der Waals surface area contributed by atoms with E-state index in [1.165, 1.54) is 5.56 Å². The summed E-state index contributed by atoms with van der Waals surface area (Å²) in [6.07, 6.45) is 2.88. The highest BCUT2D eigenvalue weighted by Crippen LogP contribution is 2.14. The van der Waals surface area contributed by atoms with Crippen molar-refractivity contribution in [1.82, 2.24) is 0 Å². The zero-order chi connectivity index (χ0) is 12.0. The van der Waals surface area contributed by atoms with E-state index in [0.29, 0.717) is 6.54 Å². The van der Waals surface area contributed by atoms with Crippen molar-refractivity contribution in [2.45, 2.75) is 33.1 Å². The molecule has 0 bridgehead atoms. The smallest absolute Gasteiger partial charge is 0.167 e. The van der Waals surface area contributed by atoms with Gasteiger partial charge in [0.05, 0.1) is 0 Å². The molecule has 88 valence electrons. The van der Waals surface area contributed by atoms with Crippen LogP contribution in [0.4, 0.5) is 0 Å². The molecule has 16 heavy (non-hydrogen) atoms. The number of carbonyl (C=O) groups is 1. The lowest BCUT2D eigenvalue weighted by molar-refractivity contribution is 0.0917. The number of carbonyl (C=O) groups excluding carboxylic acids is 1. The summed E-state index contributed by atoms with van der Waals surface area (Å²) in [5.41, 5.74) is 7.69. The van der Waals surface area contributed by atoms with Crippen LogP contribution in [0.25, 0.3) is 0 Å². The summed E-state index contributed by atoms with van der Waals surface area (Å²) in [6.45, 7) is 4.63. The maximum absolute atomic E-state index is 12.1. The van der Waals surface area contributed by atoms with Crippen LogP contribution in [0.3, 0.4) is 0 Å². The van der Waals surface area contributed by atoms with Gasteiger partial charge in [-0.15, -0.1) is 0 Å². The number of hydrogen-bond donors (Lipinski definition) is 1. The summed E-state index contributed by atoms with van der Waals surface area (Å²) in [4.78, 5) is 12.1. The van der Waals surface area contributed by atoms with Crippen molar-refractivity contribution in [2.24, 2.45) is 11.7 Å². The van der Waals surface area contributed by atoms with Crippen LogP contribution in [0.5, 0.6) is 0 Å². The Morgan fingerprint density at radius 3 is 2.31 bits per heavy atom. The number of benzene rings is 1. The molecule has 0 saturated carbocycles. The second-order valence-electron chi connectivity index (χ2n) is 4.14. The third kappa shape index (κ3) is 3.17. The van der Waals surface area contributed by atoms with Crippen LogP contribution < -0.4 is 5.73 Å². The van der Waals surface area contributed by atoms with Crippen molar-refractivity contribution < 1.29 is 4.79 Å². The van der Waals surface area contributed by atoms with Crippen LogP contribution in [0.1, 0.15) is 42.6 Å². The molecule has 2 N–H and O–H groups in total. The summed E-state index contributed by atoms with van der Waals surface area (Å²) < 4.78 is 0. The predicted octanol–water partition coefficient (Wildman–Crippen LogP) is 2.81. The molecule has 0 spiro atoms. The minimum Gasteiger partial charge on any atom is -0.330 e. The third-order valence-electron chi connectivity index (χ3n) is 2.94. The average molecular weight is 219 g/mol. The SMILES string of the molecule is CCCC(CN)C(=O)c1ccc(CC)cc1. The van der Waals surface area contributed by atoms with Gasteiger partial charge in [0.1, 0.15) is 0 Å². The van der Waals surface area contributed by atoms with Gasteiger partial charge in [-0.1, -0.05) is 44.5 Å². The minimum atomic E-state index is -0.0162. The van der Waals surface area contributed by atoms with Gasteiger partial charge in [-0.3, -0.25) is 4.79 Å². The number of rotatable bonds is 6. The zero-order valence-electron chi connectivity index (χ0n) is 10.2. The maximum atomic E-state index is 12.1. The van der Waals surface area contributed by atoms with Gasteiger partial charge in [-0.2, -0.15) is 0 Å². The van der Waals surface area contributed by atoms with Crippen molar-refractivity contribution in [1.29, 1.82) is 0 Å². The van der Waals surface area contributed by atoms with Crippen molar-refractivity contribution in [3.05, 3.63) is 35.4 Å². The Morgan fingerprint density at radius 2 is 1.88 bits per heavy atom. The highest BCUT2D eigenvalue weighted by Gasteiger charge is 2.17. The predicted molar refractivity (Wildman–Crippen MR) is 67.6 cm³/mol. The van der Waals surface area contributed by atoms with Gasteiger partial charge in [0.15, 0.2) is 5.78 Å². The normalized spacial score (nSPS) is 12.4. The van der Waals surface area contributed by atoms with Crippen LogP contribution in [-0.2, 0) is 6.42 Å². The fourth-order valence-corrected chi connectivity index (χ4v) is 1.84. The summed E-state index contributed by atoms with van der Waals surface area (Å²) in [7, 11) is 0. The summed E-state index contributed by atoms with van der Waals surface area (Å²) >= 11 is 0. The van der Waals surface area contributed by atoms with Gasteiger partial charge >= 0.3 is 0 Å². The number of hydrogen-bond acceptors (Lipinski definition) is 2. The Morgan fingerprint density at radius 1 is 1.25 bits per heavy atom. The molecule has 0 fully saturated rings. The van der Waals surface area contributed by atoms with Crippen LogP contribution in [0.2, 0.25) is 0 Å². The summed E-state index contributed by atoms with van der Waals surface area (Å²) in [6, 6.07) is 7.87. The van der Waals surface area contributed by atoms with Crippen LogP contribution in [0.15, 0.2) is 24.3 Å². The van der Waals surface area contributed by atoms with E-state index in [-0.39, 0.29) is 11.7 Å². The molecule has 0 aliphatic carbocycles. The van der Waals surface area contributed by atoms with E-state index in [1.807, 2.05) is 24.3 Å². The quantitative estimate of drug-likeness (QED) is 0.748. The van der Waals surface area contributed by atoms with Crippen LogP contribution in [-0.4, -0.2) is 12.3 Å². The van der Waals surface area contributed by atoms with E-state index >= 15 is 0 Å². The second-order valence-corrected chi connectivity index (χ2v) is 4.14. The Hall–Kier alpha value is -1.15. The molecule has 0 radical (unpaired) electrons. The molecule has 2 heteroatoms. The number of Topliss-reactive ketones (excluding diaryl/α,β-unsaturated/α-hetero) is 1. The molecular formula is C14H21NO. The standard InChI is InChI=1S/C14H21NO/c1-3-5-13(10-15)14(16)12-8-6-11(4-2)7-9-12/h6-9,13H,3-5,10,15H2,1-2H3. The first kappa shape index (κ1) is 12.9. The lowest BCUT2D eigenvalue weighted by atomic mass is 9.93. The monoisotopic (exact) mass is 219 g/mol. The second kappa shape index (κ2) is 6.44. The highest BCUT2D eigenvalue weighted by molar-refractivity contribution is 5.98. The topological polar surface area (TPSA) is 43.1 Å². The molecule has 0 aliphatic heterocycles. The fraction of sp³-hybridized carbons (Fsp3) is 0.500. The molecule has 1 aromatic carbocycles. The Kier molecular flexibility index (Phi) is 5.20. The Labute approximate surface area is 97.9 Å². The van der Waals surface area contributed by atoms with Gasteiger partial charge in [0.25, 0.3) is 0 Å². The van der Waals surface area contributed by atoms with Gasteiger partial charge in [-0.25, -0.2) is 0 Å². The van der Waals surface area contributed by atoms with Crippen molar-refractivity contribution in [3.8, 4) is 0 Å². The molecule has 0 aromatic heterocycles. The molecule has 0 saturated heterocycles. The molecule has 2 nitrogen and oxygen atoms in total. The van der Waals surface area contributed by atoms with Gasteiger partial charge in [-0.05, 0) is 18.4 Å². The number of ketones is 1. The van der Waals surface area contributed by atoms with E-state index in [4.69, 9.17) is 5.73 Å². The van der Waals surface area contributed by atoms with E-state index in [1.54, 1.807) is 0 Å². The lowest BCUT2D eigenvalue weighted by Crippen LogP contribution is -2.23. The van der Waals surface area contributed by atoms with Gasteiger partial charge < -0.3 is 5.73 Å². The Balaban J connectivity index is 2.78. The largest absolute Gasteiger partial charge is 0.330 e. The average Bonchev–Trinajstić information content (AvgIpc) is 2.35. The highest BCUT2D eigenvalue weighted by atomic mass is 16.1. The molecule has 0 heterocycles. The van der Waals surface area contributed by atoms with Gasteiger partial charge in [0.2, 0.25) is 0 Å². The summed E-state index contributed by atoms with van der Waals surface area (Å²) in [5, 5.41) is 0. The van der Waals surface area contributed by atoms with Gasteiger partial charge in [0, 0.05) is 18.0 Å². The van der Waals surface area contributed by atoms with E-state index < -0.39 is 0 Å². The Bertz CT molecular complexity index is 329. The van der Waals surface area contributed by atoms with Crippen LogP contribution >= 0.6 is 0 Å². The molecule has 0 aliphatic rings. The lowest BCUT2D eigenvalue weighted by Gasteiger charge is -2.12. The van der Waals surface area contributed by atoms with Crippen LogP contribution in [0, 0.1) is 5.92 Å². The van der Waals surface area contributed by atoms with E-state index in [0.717, 1.165) is 24.8 Å². The fourth-order valence-electron chi connectivity index (χ4n) is 1.84. The summed E-state index contributed by atoms with van der Waals surface area (Å²) in [5.74, 6) is 0.171. The molecular weight excluding hydrogens is 198 g/mol. The van der Waals surface area contributed by atoms with Crippen molar-refractivity contribution in [2.75, 3.05) is 6.54 Å². The van der Waals surface area contributed by atoms with E-state index in [9.17, 15) is 4.79 Å². The molecule has 0 amide bonds. The minimum absolute atomic E-state index is 0.0162. The van der Waals surface area contributed by atoms with E-state index in [2.05, 4.69) is 13.8 Å². The number of nitrogens with two attached hydrogens (primary N) is 1. The molecule has 1 rings (SSSR count). The van der Waals surface area contributed by atoms with Crippen molar-refractivity contribution in [3.63, 3.8) is 0 Å². The molecule has 1 unspecified atom stereocenters. The first-order valence-electron chi connectivity index (χ1n) is 6.06. The first-order chi connectivity index (χ1) is 7.72. The third-order valence-corrected chi connectivity index (χ3v) is 2.94. The maximum Gasteiger partial charge on any atom is 0.167 e. The molecule has 1 atom stereocenters. The number of aryl methyl sites for hydroxylation is 1. The first-order valence-corrected chi connectivity index (χ1v) is 6.06. The molecule has 1 aromatic rings. The zero-order valence-corrected chi connectivity index (χ0v) is 10.2. The van der Waals surface area contributed by atoms with Crippen molar-refractivity contribution >= 4 is 5.78 Å².